The van der Waals surface area contributed by atoms with Crippen LogP contribution in [0.3, 0.4) is 0 Å². The number of carbonyl (C=O) groups excluding carboxylic acids is 1. The number of Topliss-reactive ketones (excluding diaryl/α,β-unsaturated/α-hetero) is 1. The third-order valence-corrected chi connectivity index (χ3v) is 9.38. The highest BCUT2D eigenvalue weighted by molar-refractivity contribution is 7.98. The monoisotopic (exact) mass is 463 g/mol. The Morgan fingerprint density at radius 2 is 1.88 bits per heavy atom. The SMILES string of the molecule is CSc1ccc(C(=O)CCNCC2(C)CCCC3(C)c4ccc(C(C)C)cc4CCC23)cc1. The molecule has 178 valence electrons. The highest BCUT2D eigenvalue weighted by atomic mass is 32.2. The van der Waals surface area contributed by atoms with Crippen molar-refractivity contribution in [2.24, 2.45) is 11.3 Å². The minimum Gasteiger partial charge on any atom is -0.316 e. The van der Waals surface area contributed by atoms with E-state index in [9.17, 15) is 4.79 Å². The van der Waals surface area contributed by atoms with Gasteiger partial charge in [-0.3, -0.25) is 4.79 Å². The summed E-state index contributed by atoms with van der Waals surface area (Å²) in [6.45, 7) is 11.4. The first-order chi connectivity index (χ1) is 15.8. The summed E-state index contributed by atoms with van der Waals surface area (Å²) in [4.78, 5) is 13.8. The standard InChI is InChI=1S/C30H41NOS/c1-21(2)23-9-13-26-24(19-23)10-14-28-29(3,16-6-17-30(26,28)4)20-31-18-15-27(32)22-7-11-25(33-5)12-8-22/h7-9,11-13,19,21,28,31H,6,10,14-18,20H2,1-5H3. The fourth-order valence-electron chi connectivity index (χ4n) is 6.71. The van der Waals surface area contributed by atoms with E-state index < -0.39 is 0 Å². The minimum atomic E-state index is 0.237. The van der Waals surface area contributed by atoms with E-state index in [1.807, 2.05) is 24.3 Å². The van der Waals surface area contributed by atoms with E-state index in [1.54, 1.807) is 22.9 Å². The first-order valence-corrected chi connectivity index (χ1v) is 14.0. The number of rotatable bonds is 8. The molecule has 2 aliphatic carbocycles. The predicted octanol–water partition coefficient (Wildman–Crippen LogP) is 7.40. The van der Waals surface area contributed by atoms with Gasteiger partial charge < -0.3 is 5.32 Å². The molecule has 2 nitrogen and oxygen atoms in total. The van der Waals surface area contributed by atoms with Crippen molar-refractivity contribution in [3.8, 4) is 0 Å². The van der Waals surface area contributed by atoms with Crippen LogP contribution >= 0.6 is 11.8 Å². The van der Waals surface area contributed by atoms with Gasteiger partial charge in [-0.15, -0.1) is 11.8 Å². The number of nitrogens with one attached hydrogen (secondary N) is 1. The molecule has 3 atom stereocenters. The number of thioether (sulfide) groups is 1. The highest BCUT2D eigenvalue weighted by Gasteiger charge is 2.51. The molecule has 3 heteroatoms. The topological polar surface area (TPSA) is 29.1 Å². The van der Waals surface area contributed by atoms with Crippen molar-refractivity contribution in [1.29, 1.82) is 0 Å². The van der Waals surface area contributed by atoms with E-state index in [-0.39, 0.29) is 16.6 Å². The van der Waals surface area contributed by atoms with Crippen LogP contribution in [-0.4, -0.2) is 25.1 Å². The fraction of sp³-hybridized carbons (Fsp3) is 0.567. The van der Waals surface area contributed by atoms with Gasteiger partial charge in [0.15, 0.2) is 5.78 Å². The second-order valence-electron chi connectivity index (χ2n) is 11.2. The average molecular weight is 464 g/mol. The lowest BCUT2D eigenvalue weighted by Crippen LogP contribution is -2.52. The third-order valence-electron chi connectivity index (χ3n) is 8.64. The van der Waals surface area contributed by atoms with Crippen LogP contribution in [0.2, 0.25) is 0 Å². The summed E-state index contributed by atoms with van der Waals surface area (Å²) in [7, 11) is 0. The van der Waals surface area contributed by atoms with Gasteiger partial charge in [-0.25, -0.2) is 0 Å². The lowest BCUT2D eigenvalue weighted by Gasteiger charge is -2.55. The van der Waals surface area contributed by atoms with Crippen molar-refractivity contribution in [2.75, 3.05) is 19.3 Å². The van der Waals surface area contributed by atoms with E-state index in [2.05, 4.69) is 57.5 Å². The summed E-state index contributed by atoms with van der Waals surface area (Å²) in [5.41, 5.74) is 6.06. The number of hydrogen-bond acceptors (Lipinski definition) is 3. The number of hydrogen-bond donors (Lipinski definition) is 1. The molecule has 1 N–H and O–H groups in total. The molecular weight excluding hydrogens is 422 g/mol. The van der Waals surface area contributed by atoms with Gasteiger partial charge >= 0.3 is 0 Å². The molecule has 0 spiro atoms. The van der Waals surface area contributed by atoms with Gasteiger partial charge in [-0.2, -0.15) is 0 Å². The van der Waals surface area contributed by atoms with Crippen molar-refractivity contribution in [2.45, 2.75) is 82.4 Å². The minimum absolute atomic E-state index is 0.237. The Morgan fingerprint density at radius 3 is 2.58 bits per heavy atom. The maximum atomic E-state index is 12.6. The molecule has 0 bridgehead atoms. The second-order valence-corrected chi connectivity index (χ2v) is 12.0. The van der Waals surface area contributed by atoms with Gasteiger partial charge in [0.05, 0.1) is 0 Å². The average Bonchev–Trinajstić information content (AvgIpc) is 2.81. The van der Waals surface area contributed by atoms with Crippen LogP contribution in [0.4, 0.5) is 0 Å². The van der Waals surface area contributed by atoms with Gasteiger partial charge in [-0.05, 0) is 83.4 Å². The molecule has 2 aliphatic rings. The quantitative estimate of drug-likeness (QED) is 0.251. The molecule has 2 aromatic carbocycles. The van der Waals surface area contributed by atoms with Crippen LogP contribution in [-0.2, 0) is 11.8 Å². The Labute approximate surface area is 205 Å². The van der Waals surface area contributed by atoms with E-state index in [0.717, 1.165) is 18.7 Å². The Balaban J connectivity index is 1.40. The molecule has 33 heavy (non-hydrogen) atoms. The van der Waals surface area contributed by atoms with Gasteiger partial charge in [0.25, 0.3) is 0 Å². The molecule has 4 rings (SSSR count). The summed E-state index contributed by atoms with van der Waals surface area (Å²) in [5, 5.41) is 3.69. The number of benzene rings is 2. The Hall–Kier alpha value is -1.58. The van der Waals surface area contributed by atoms with Gasteiger partial charge in [0, 0.05) is 30.0 Å². The first kappa shape index (κ1) is 24.5. The van der Waals surface area contributed by atoms with Crippen molar-refractivity contribution in [1.82, 2.24) is 5.32 Å². The molecule has 0 aliphatic heterocycles. The van der Waals surface area contributed by atoms with Gasteiger partial charge in [0.1, 0.15) is 0 Å². The van der Waals surface area contributed by atoms with Crippen LogP contribution in [0.15, 0.2) is 47.4 Å². The maximum absolute atomic E-state index is 12.6. The zero-order chi connectivity index (χ0) is 23.6. The molecule has 0 saturated heterocycles. The Bertz CT molecular complexity index is 981. The molecule has 0 radical (unpaired) electrons. The molecule has 0 heterocycles. The molecule has 1 saturated carbocycles. The number of aryl methyl sites for hydroxylation is 1. The molecule has 1 fully saturated rings. The summed E-state index contributed by atoms with van der Waals surface area (Å²) in [6.07, 6.45) is 8.98. The predicted molar refractivity (Wildman–Crippen MR) is 142 cm³/mol. The Morgan fingerprint density at radius 1 is 1.12 bits per heavy atom. The van der Waals surface area contributed by atoms with Crippen LogP contribution in [0.5, 0.6) is 0 Å². The zero-order valence-electron chi connectivity index (χ0n) is 21.2. The summed E-state index contributed by atoms with van der Waals surface area (Å²) in [6, 6.07) is 15.3. The fourth-order valence-corrected chi connectivity index (χ4v) is 7.12. The second kappa shape index (κ2) is 9.96. The third kappa shape index (κ3) is 4.95. The normalized spacial score (nSPS) is 26.7. The van der Waals surface area contributed by atoms with Crippen molar-refractivity contribution < 1.29 is 4.79 Å². The van der Waals surface area contributed by atoms with Crippen LogP contribution in [0.1, 0.15) is 92.8 Å². The molecule has 3 unspecified atom stereocenters. The zero-order valence-corrected chi connectivity index (χ0v) is 22.0. The molecular formula is C30H41NOS. The highest BCUT2D eigenvalue weighted by Crippen LogP contribution is 2.57. The summed E-state index contributed by atoms with van der Waals surface area (Å²) in [5.74, 6) is 1.52. The van der Waals surface area contributed by atoms with E-state index in [0.29, 0.717) is 18.3 Å². The number of ketones is 1. The summed E-state index contributed by atoms with van der Waals surface area (Å²) >= 11 is 1.71. The van der Waals surface area contributed by atoms with E-state index in [1.165, 1.54) is 42.6 Å². The largest absolute Gasteiger partial charge is 0.316 e. The molecule has 0 aromatic heterocycles. The maximum Gasteiger partial charge on any atom is 0.164 e. The number of carbonyl (C=O) groups is 1. The lowest BCUT2D eigenvalue weighted by atomic mass is 9.49. The van der Waals surface area contributed by atoms with Crippen LogP contribution in [0, 0.1) is 11.3 Å². The van der Waals surface area contributed by atoms with Crippen LogP contribution < -0.4 is 5.32 Å². The molecule has 2 aromatic rings. The molecule has 0 amide bonds. The van der Waals surface area contributed by atoms with Crippen molar-refractivity contribution >= 4 is 17.5 Å². The van der Waals surface area contributed by atoms with Crippen molar-refractivity contribution in [3.05, 3.63) is 64.7 Å². The van der Waals surface area contributed by atoms with Gasteiger partial charge in [0.2, 0.25) is 0 Å². The first-order valence-electron chi connectivity index (χ1n) is 12.8. The lowest BCUT2D eigenvalue weighted by molar-refractivity contribution is 0.0260. The smallest absolute Gasteiger partial charge is 0.164 e. The van der Waals surface area contributed by atoms with Crippen molar-refractivity contribution in [3.63, 3.8) is 0 Å². The van der Waals surface area contributed by atoms with E-state index in [4.69, 9.17) is 0 Å². The van der Waals surface area contributed by atoms with E-state index >= 15 is 0 Å². The summed E-state index contributed by atoms with van der Waals surface area (Å²) < 4.78 is 0. The Kier molecular flexibility index (Phi) is 7.41. The van der Waals surface area contributed by atoms with Gasteiger partial charge in [-0.1, -0.05) is 64.4 Å². The van der Waals surface area contributed by atoms with Crippen LogP contribution in [0.25, 0.3) is 0 Å². The number of fused-ring (bicyclic) bond motifs is 3.